The second-order valence-electron chi connectivity index (χ2n) is 7.02. The fourth-order valence-corrected chi connectivity index (χ4v) is 3.85. The van der Waals surface area contributed by atoms with E-state index in [2.05, 4.69) is 11.9 Å². The smallest absolute Gasteiger partial charge is 0.249 e. The zero-order valence-corrected chi connectivity index (χ0v) is 15.5. The van der Waals surface area contributed by atoms with Crippen LogP contribution >= 0.6 is 0 Å². The molecule has 0 aliphatic heterocycles. The molecule has 0 aliphatic carbocycles. The van der Waals surface area contributed by atoms with Crippen LogP contribution in [0.5, 0.6) is 0 Å². The van der Waals surface area contributed by atoms with E-state index in [-0.39, 0.29) is 10.8 Å². The molecule has 3 atom stereocenters. The Kier molecular flexibility index (Phi) is 6.24. The van der Waals surface area contributed by atoms with Gasteiger partial charge in [0.15, 0.2) is 0 Å². The highest BCUT2D eigenvalue weighted by atomic mass is 16.6. The Morgan fingerprint density at radius 2 is 1.78 bits per heavy atom. The summed E-state index contributed by atoms with van der Waals surface area (Å²) in [5.41, 5.74) is 2.46. The van der Waals surface area contributed by atoms with Gasteiger partial charge in [0, 0.05) is 22.0 Å². The summed E-state index contributed by atoms with van der Waals surface area (Å²) in [5, 5.41) is 23.9. The molecule has 0 unspecified atom stereocenters. The van der Waals surface area contributed by atoms with Gasteiger partial charge in [-0.1, -0.05) is 74.7 Å². The number of para-hydroxylation sites is 1. The predicted molar refractivity (Wildman–Crippen MR) is 107 cm³/mol. The minimum absolute atomic E-state index is 0.309. The van der Waals surface area contributed by atoms with Gasteiger partial charge in [-0.3, -0.25) is 10.1 Å². The van der Waals surface area contributed by atoms with Crippen molar-refractivity contribution in [3.8, 4) is 0 Å². The maximum atomic E-state index is 12.1. The Balaban J connectivity index is 2.02. The van der Waals surface area contributed by atoms with E-state index in [1.807, 2.05) is 36.5 Å². The molecule has 2 aromatic carbocycles. The van der Waals surface area contributed by atoms with Gasteiger partial charge in [-0.2, -0.15) is 0 Å². The number of unbranched alkanes of at least 4 members (excludes halogenated alkanes) is 2. The molecule has 0 bridgehead atoms. The highest BCUT2D eigenvalue weighted by molar-refractivity contribution is 5.83. The third-order valence-electron chi connectivity index (χ3n) is 5.26. The van der Waals surface area contributed by atoms with Crippen LogP contribution in [0.25, 0.3) is 10.9 Å². The lowest BCUT2D eigenvalue weighted by molar-refractivity contribution is -0.540. The molecule has 27 heavy (non-hydrogen) atoms. The molecule has 5 nitrogen and oxygen atoms in total. The summed E-state index contributed by atoms with van der Waals surface area (Å²) >= 11 is 0. The number of H-pyrrole nitrogens is 1. The van der Waals surface area contributed by atoms with Gasteiger partial charge < -0.3 is 10.1 Å². The fourth-order valence-electron chi connectivity index (χ4n) is 3.85. The summed E-state index contributed by atoms with van der Waals surface area (Å²) in [7, 11) is 0. The number of aromatic amines is 1. The summed E-state index contributed by atoms with van der Waals surface area (Å²) in [6.07, 6.45) is 4.35. The molecule has 0 radical (unpaired) electrons. The standard InChI is InChI=1S/C22H26N2O3/c1-2-3-5-13-18(19-15-23-20-14-9-8-12-17(19)20)21(24(26)27)22(25)16-10-6-4-7-11-16/h4,6-12,14-15,18,21-23,25H,2-3,5,13H2,1H3/t18-,21+,22+/m1/s1. The Morgan fingerprint density at radius 3 is 2.48 bits per heavy atom. The Hall–Kier alpha value is -2.66. The number of hydrogen-bond donors (Lipinski definition) is 2. The van der Waals surface area contributed by atoms with Crippen molar-refractivity contribution in [1.29, 1.82) is 0 Å². The van der Waals surface area contributed by atoms with Gasteiger partial charge in [0.2, 0.25) is 6.04 Å². The number of nitrogens with zero attached hydrogens (tertiary/aromatic N) is 1. The van der Waals surface area contributed by atoms with Crippen molar-refractivity contribution in [3.63, 3.8) is 0 Å². The van der Waals surface area contributed by atoms with Crippen LogP contribution in [0.4, 0.5) is 0 Å². The van der Waals surface area contributed by atoms with Crippen LogP contribution in [-0.4, -0.2) is 21.1 Å². The van der Waals surface area contributed by atoms with E-state index in [0.717, 1.165) is 35.7 Å². The largest absolute Gasteiger partial charge is 0.381 e. The van der Waals surface area contributed by atoms with E-state index >= 15 is 0 Å². The summed E-state index contributed by atoms with van der Waals surface area (Å²) in [5.74, 6) is -0.363. The van der Waals surface area contributed by atoms with E-state index in [9.17, 15) is 15.2 Å². The van der Waals surface area contributed by atoms with Crippen LogP contribution in [0, 0.1) is 10.1 Å². The predicted octanol–water partition coefficient (Wildman–Crippen LogP) is 5.21. The number of aliphatic hydroxyl groups is 1. The quantitative estimate of drug-likeness (QED) is 0.310. The van der Waals surface area contributed by atoms with Crippen molar-refractivity contribution in [2.24, 2.45) is 0 Å². The molecule has 5 heteroatoms. The van der Waals surface area contributed by atoms with E-state index < -0.39 is 12.1 Å². The SMILES string of the molecule is CCCCC[C@H](c1c[nH]c2ccccc12)[C@@H]([C@@H](O)c1ccccc1)[N+](=O)[O-]. The average molecular weight is 366 g/mol. The van der Waals surface area contributed by atoms with Crippen LogP contribution in [0.3, 0.4) is 0 Å². The second kappa shape index (κ2) is 8.82. The first-order chi connectivity index (χ1) is 13.1. The Morgan fingerprint density at radius 1 is 1.07 bits per heavy atom. The molecule has 3 rings (SSSR count). The number of aromatic nitrogens is 1. The molecule has 2 N–H and O–H groups in total. The lowest BCUT2D eigenvalue weighted by Gasteiger charge is -2.25. The summed E-state index contributed by atoms with van der Waals surface area (Å²) in [6, 6.07) is 15.7. The Bertz CT molecular complexity index is 875. The van der Waals surface area contributed by atoms with Crippen LogP contribution in [0.15, 0.2) is 60.8 Å². The Labute approximate surface area is 159 Å². The van der Waals surface area contributed by atoms with E-state index in [1.165, 1.54) is 0 Å². The number of rotatable bonds is 9. The molecule has 0 saturated heterocycles. The molecule has 1 heterocycles. The number of nitro groups is 1. The molecular formula is C22H26N2O3. The van der Waals surface area contributed by atoms with Gasteiger partial charge in [0.05, 0.1) is 5.92 Å². The van der Waals surface area contributed by atoms with Gasteiger partial charge in [-0.05, 0) is 23.6 Å². The van der Waals surface area contributed by atoms with Crippen LogP contribution in [-0.2, 0) is 0 Å². The molecule has 3 aromatic rings. The molecule has 0 fully saturated rings. The number of hydrogen-bond acceptors (Lipinski definition) is 3. The zero-order chi connectivity index (χ0) is 19.2. The first-order valence-corrected chi connectivity index (χ1v) is 9.56. The van der Waals surface area contributed by atoms with Crippen molar-refractivity contribution < 1.29 is 10.0 Å². The van der Waals surface area contributed by atoms with Crippen molar-refractivity contribution in [2.45, 2.75) is 50.7 Å². The zero-order valence-electron chi connectivity index (χ0n) is 15.5. The molecule has 1 aromatic heterocycles. The normalized spacial score (nSPS) is 14.7. The monoisotopic (exact) mass is 366 g/mol. The number of benzene rings is 2. The lowest BCUT2D eigenvalue weighted by Crippen LogP contribution is -2.34. The van der Waals surface area contributed by atoms with Gasteiger partial charge >= 0.3 is 0 Å². The van der Waals surface area contributed by atoms with Crippen LogP contribution < -0.4 is 0 Å². The summed E-state index contributed by atoms with van der Waals surface area (Å²) in [6.45, 7) is 2.12. The van der Waals surface area contributed by atoms with Gasteiger partial charge in [0.1, 0.15) is 6.10 Å². The summed E-state index contributed by atoms with van der Waals surface area (Å²) < 4.78 is 0. The third kappa shape index (κ3) is 4.19. The van der Waals surface area contributed by atoms with Crippen LogP contribution in [0.1, 0.15) is 55.8 Å². The first kappa shape index (κ1) is 19.1. The van der Waals surface area contributed by atoms with E-state index in [4.69, 9.17) is 0 Å². The highest BCUT2D eigenvalue weighted by Gasteiger charge is 2.40. The average Bonchev–Trinajstić information content (AvgIpc) is 3.11. The summed E-state index contributed by atoms with van der Waals surface area (Å²) in [4.78, 5) is 15.0. The highest BCUT2D eigenvalue weighted by Crippen LogP contribution is 2.38. The minimum Gasteiger partial charge on any atom is -0.381 e. The van der Waals surface area contributed by atoms with E-state index in [1.54, 1.807) is 24.3 Å². The van der Waals surface area contributed by atoms with E-state index in [0.29, 0.717) is 12.0 Å². The van der Waals surface area contributed by atoms with Crippen LogP contribution in [0.2, 0.25) is 0 Å². The number of fused-ring (bicyclic) bond motifs is 1. The fraction of sp³-hybridized carbons (Fsp3) is 0.364. The second-order valence-corrected chi connectivity index (χ2v) is 7.02. The molecule has 0 aliphatic rings. The van der Waals surface area contributed by atoms with Gasteiger partial charge in [0.25, 0.3) is 0 Å². The third-order valence-corrected chi connectivity index (χ3v) is 5.26. The molecule has 0 spiro atoms. The van der Waals surface area contributed by atoms with Crippen molar-refractivity contribution in [3.05, 3.63) is 82.0 Å². The number of nitrogens with one attached hydrogen (secondary N) is 1. The van der Waals surface area contributed by atoms with Crippen molar-refractivity contribution >= 4 is 10.9 Å². The first-order valence-electron chi connectivity index (χ1n) is 9.56. The van der Waals surface area contributed by atoms with Gasteiger partial charge in [-0.25, -0.2) is 0 Å². The van der Waals surface area contributed by atoms with Gasteiger partial charge in [-0.15, -0.1) is 0 Å². The lowest BCUT2D eigenvalue weighted by atomic mass is 9.82. The van der Waals surface area contributed by atoms with Crippen molar-refractivity contribution in [2.75, 3.05) is 0 Å². The molecule has 0 saturated carbocycles. The maximum absolute atomic E-state index is 12.1. The van der Waals surface area contributed by atoms with Crippen molar-refractivity contribution in [1.82, 2.24) is 4.98 Å². The molecule has 142 valence electrons. The topological polar surface area (TPSA) is 79.2 Å². The molecular weight excluding hydrogens is 340 g/mol. The number of aliphatic hydroxyl groups excluding tert-OH is 1. The minimum atomic E-state index is -1.15. The maximum Gasteiger partial charge on any atom is 0.249 e. The molecule has 0 amide bonds.